The van der Waals surface area contributed by atoms with Crippen LogP contribution in [0.5, 0.6) is 0 Å². The Morgan fingerprint density at radius 1 is 1.19 bits per heavy atom. The van der Waals surface area contributed by atoms with Crippen LogP contribution in [0.15, 0.2) is 12.7 Å². The predicted octanol–water partition coefficient (Wildman–Crippen LogP) is 4.10. The van der Waals surface area contributed by atoms with Crippen LogP contribution in [0.3, 0.4) is 0 Å². The van der Waals surface area contributed by atoms with Crippen LogP contribution in [0.2, 0.25) is 0 Å². The topological polar surface area (TPSA) is 26.3 Å². The molecule has 0 fully saturated rings. The monoisotopic (exact) mass is 226 g/mol. The molecule has 0 heterocycles. The first-order valence-corrected chi connectivity index (χ1v) is 6.53. The number of unbranched alkanes of at least 4 members (excludes halogenated alkanes) is 3. The number of carbonyl (C=O) groups is 1. The number of carbonyl (C=O) groups excluding carboxylic acids is 1. The zero-order valence-electron chi connectivity index (χ0n) is 10.8. The molecule has 0 N–H and O–H groups in total. The van der Waals surface area contributed by atoms with Crippen LogP contribution in [0.1, 0.15) is 58.8 Å². The fourth-order valence-corrected chi connectivity index (χ4v) is 1.80. The summed E-state index contributed by atoms with van der Waals surface area (Å²) in [5.41, 5.74) is 0. The third-order valence-corrected chi connectivity index (χ3v) is 2.72. The highest BCUT2D eigenvalue weighted by molar-refractivity contribution is 5.72. The van der Waals surface area contributed by atoms with Crippen LogP contribution in [-0.2, 0) is 9.53 Å². The molecule has 2 nitrogen and oxygen atoms in total. The lowest BCUT2D eigenvalue weighted by Crippen LogP contribution is -2.17. The third-order valence-electron chi connectivity index (χ3n) is 2.72. The molecular weight excluding hydrogens is 200 g/mol. The van der Waals surface area contributed by atoms with Crippen LogP contribution in [0.4, 0.5) is 0 Å². The van der Waals surface area contributed by atoms with Crippen LogP contribution in [-0.4, -0.2) is 12.6 Å². The molecule has 0 aromatic carbocycles. The van der Waals surface area contributed by atoms with Crippen molar-refractivity contribution in [3.05, 3.63) is 12.7 Å². The molecule has 0 radical (unpaired) electrons. The minimum absolute atomic E-state index is 0.0433. The highest BCUT2D eigenvalue weighted by Crippen LogP contribution is 2.17. The SMILES string of the molecule is C=CCOC(=O)C(CCC)CCCCCC. The zero-order chi connectivity index (χ0) is 12.2. The summed E-state index contributed by atoms with van der Waals surface area (Å²) in [5, 5.41) is 0. The molecule has 0 aliphatic carbocycles. The number of hydrogen-bond donors (Lipinski definition) is 0. The van der Waals surface area contributed by atoms with E-state index in [1.165, 1.54) is 19.3 Å². The minimum Gasteiger partial charge on any atom is -0.461 e. The molecule has 0 aromatic rings. The van der Waals surface area contributed by atoms with Crippen molar-refractivity contribution in [3.63, 3.8) is 0 Å². The van der Waals surface area contributed by atoms with Gasteiger partial charge in [0, 0.05) is 0 Å². The van der Waals surface area contributed by atoms with Crippen molar-refractivity contribution in [2.24, 2.45) is 5.92 Å². The van der Waals surface area contributed by atoms with Crippen molar-refractivity contribution in [1.82, 2.24) is 0 Å². The van der Waals surface area contributed by atoms with E-state index in [-0.39, 0.29) is 11.9 Å². The second-order valence-electron chi connectivity index (χ2n) is 4.25. The van der Waals surface area contributed by atoms with E-state index in [0.717, 1.165) is 25.7 Å². The maximum absolute atomic E-state index is 11.7. The molecule has 94 valence electrons. The fourth-order valence-electron chi connectivity index (χ4n) is 1.80. The summed E-state index contributed by atoms with van der Waals surface area (Å²) < 4.78 is 5.11. The molecule has 0 aliphatic heterocycles. The Labute approximate surface area is 100 Å². The minimum atomic E-state index is -0.0433. The van der Waals surface area contributed by atoms with Gasteiger partial charge in [0.2, 0.25) is 0 Å². The first kappa shape index (κ1) is 15.2. The number of rotatable bonds is 10. The lowest BCUT2D eigenvalue weighted by molar-refractivity contribution is -0.147. The first-order valence-electron chi connectivity index (χ1n) is 6.53. The summed E-state index contributed by atoms with van der Waals surface area (Å²) in [6.45, 7) is 8.20. The summed E-state index contributed by atoms with van der Waals surface area (Å²) in [6, 6.07) is 0. The normalized spacial score (nSPS) is 12.1. The molecule has 1 atom stereocenters. The van der Waals surface area contributed by atoms with Gasteiger partial charge in [-0.1, -0.05) is 58.6 Å². The van der Waals surface area contributed by atoms with Gasteiger partial charge in [-0.3, -0.25) is 4.79 Å². The maximum atomic E-state index is 11.7. The Morgan fingerprint density at radius 3 is 2.50 bits per heavy atom. The van der Waals surface area contributed by atoms with Gasteiger partial charge in [-0.25, -0.2) is 0 Å². The van der Waals surface area contributed by atoms with Crippen molar-refractivity contribution in [2.45, 2.75) is 58.8 Å². The Bertz CT molecular complexity index is 187. The molecule has 0 spiro atoms. The second kappa shape index (κ2) is 10.7. The van der Waals surface area contributed by atoms with Crippen molar-refractivity contribution in [2.75, 3.05) is 6.61 Å². The standard InChI is InChI=1S/C14H26O2/c1-4-7-8-9-11-13(10-5-2)14(15)16-12-6-3/h6,13H,3-5,7-12H2,1-2H3. The Kier molecular flexibility index (Phi) is 10.2. The van der Waals surface area contributed by atoms with E-state index in [1.54, 1.807) is 6.08 Å². The second-order valence-corrected chi connectivity index (χ2v) is 4.25. The zero-order valence-corrected chi connectivity index (χ0v) is 10.8. The summed E-state index contributed by atoms with van der Waals surface area (Å²) in [4.78, 5) is 11.7. The van der Waals surface area contributed by atoms with Gasteiger partial charge >= 0.3 is 5.97 Å². The molecular formula is C14H26O2. The number of hydrogen-bond acceptors (Lipinski definition) is 2. The van der Waals surface area contributed by atoms with Gasteiger partial charge in [0.25, 0.3) is 0 Å². The highest BCUT2D eigenvalue weighted by atomic mass is 16.5. The van der Waals surface area contributed by atoms with Crippen molar-refractivity contribution < 1.29 is 9.53 Å². The predicted molar refractivity (Wildman–Crippen MR) is 68.3 cm³/mol. The van der Waals surface area contributed by atoms with Crippen LogP contribution >= 0.6 is 0 Å². The van der Waals surface area contributed by atoms with Gasteiger partial charge < -0.3 is 4.74 Å². The van der Waals surface area contributed by atoms with Crippen molar-refractivity contribution in [3.8, 4) is 0 Å². The van der Waals surface area contributed by atoms with E-state index in [2.05, 4.69) is 20.4 Å². The van der Waals surface area contributed by atoms with Gasteiger partial charge in [0.05, 0.1) is 5.92 Å². The van der Waals surface area contributed by atoms with E-state index < -0.39 is 0 Å². The van der Waals surface area contributed by atoms with Crippen LogP contribution in [0, 0.1) is 5.92 Å². The summed E-state index contributed by atoms with van der Waals surface area (Å²) in [5.74, 6) is 0.0556. The van der Waals surface area contributed by atoms with Crippen molar-refractivity contribution >= 4 is 5.97 Å². The lowest BCUT2D eigenvalue weighted by Gasteiger charge is -2.14. The molecule has 0 bridgehead atoms. The van der Waals surface area contributed by atoms with E-state index in [0.29, 0.717) is 6.61 Å². The highest BCUT2D eigenvalue weighted by Gasteiger charge is 2.17. The Balaban J connectivity index is 3.84. The van der Waals surface area contributed by atoms with Gasteiger partial charge in [0.15, 0.2) is 0 Å². The van der Waals surface area contributed by atoms with Gasteiger partial charge in [-0.2, -0.15) is 0 Å². The van der Waals surface area contributed by atoms with Crippen LogP contribution < -0.4 is 0 Å². The molecule has 0 amide bonds. The first-order chi connectivity index (χ1) is 7.76. The van der Waals surface area contributed by atoms with Crippen LogP contribution in [0.25, 0.3) is 0 Å². The molecule has 0 saturated carbocycles. The van der Waals surface area contributed by atoms with Gasteiger partial charge in [-0.05, 0) is 12.8 Å². The average molecular weight is 226 g/mol. The largest absolute Gasteiger partial charge is 0.461 e. The van der Waals surface area contributed by atoms with E-state index in [9.17, 15) is 4.79 Å². The molecule has 2 heteroatoms. The van der Waals surface area contributed by atoms with Gasteiger partial charge in [0.1, 0.15) is 6.61 Å². The fraction of sp³-hybridized carbons (Fsp3) is 0.786. The lowest BCUT2D eigenvalue weighted by atomic mass is 9.96. The molecule has 0 saturated heterocycles. The third kappa shape index (κ3) is 7.49. The number of esters is 1. The summed E-state index contributed by atoms with van der Waals surface area (Å²) in [6.07, 6.45) is 9.46. The smallest absolute Gasteiger partial charge is 0.309 e. The van der Waals surface area contributed by atoms with Crippen molar-refractivity contribution in [1.29, 1.82) is 0 Å². The molecule has 16 heavy (non-hydrogen) atoms. The Morgan fingerprint density at radius 2 is 1.94 bits per heavy atom. The molecule has 0 aliphatic rings. The average Bonchev–Trinajstić information content (AvgIpc) is 2.30. The Hall–Kier alpha value is -0.790. The van der Waals surface area contributed by atoms with E-state index in [1.807, 2.05) is 0 Å². The summed E-state index contributed by atoms with van der Waals surface area (Å²) >= 11 is 0. The van der Waals surface area contributed by atoms with E-state index in [4.69, 9.17) is 4.74 Å². The quantitative estimate of drug-likeness (QED) is 0.318. The summed E-state index contributed by atoms with van der Waals surface area (Å²) in [7, 11) is 0. The number of ether oxygens (including phenoxy) is 1. The molecule has 1 unspecified atom stereocenters. The van der Waals surface area contributed by atoms with E-state index >= 15 is 0 Å². The molecule has 0 rings (SSSR count). The maximum Gasteiger partial charge on any atom is 0.309 e. The molecule has 0 aromatic heterocycles. The van der Waals surface area contributed by atoms with Gasteiger partial charge in [-0.15, -0.1) is 0 Å².